The quantitative estimate of drug-likeness (QED) is 0.488. The van der Waals surface area contributed by atoms with Gasteiger partial charge in [-0.1, -0.05) is 6.07 Å². The molecule has 2 heterocycles. The Morgan fingerprint density at radius 2 is 1.68 bits per heavy atom. The van der Waals surface area contributed by atoms with Gasteiger partial charge in [0.15, 0.2) is 12.3 Å². The van der Waals surface area contributed by atoms with Crippen LogP contribution in [-0.2, 0) is 4.74 Å². The van der Waals surface area contributed by atoms with Crippen molar-refractivity contribution in [2.24, 2.45) is 0 Å². The minimum Gasteiger partial charge on any atom is -0.454 e. The number of Topliss-reactive ketones (excluding diaryl/α,β-unsaturated/α-hetero) is 1. The molecule has 0 saturated carbocycles. The first kappa shape index (κ1) is 19.7. The molecule has 0 atom stereocenters. The zero-order valence-electron chi connectivity index (χ0n) is 17.2. The number of pyridine rings is 1. The topological polar surface area (TPSA) is 74.1 Å². The summed E-state index contributed by atoms with van der Waals surface area (Å²) in [5.74, 6) is -0.762. The lowest BCUT2D eigenvalue weighted by atomic mass is 9.98. The summed E-state index contributed by atoms with van der Waals surface area (Å²) in [6.45, 7) is 11.4. The molecule has 3 rings (SSSR count). The Balaban J connectivity index is 1.84. The number of carbonyl (C=O) groups is 2. The first-order chi connectivity index (χ1) is 13.2. The molecule has 3 aromatic rings. The van der Waals surface area contributed by atoms with Gasteiger partial charge in [-0.3, -0.25) is 4.79 Å². The number of benzene rings is 1. The zero-order chi connectivity index (χ0) is 20.6. The van der Waals surface area contributed by atoms with E-state index in [0.29, 0.717) is 27.9 Å². The molecule has 0 fully saturated rings. The lowest BCUT2D eigenvalue weighted by Gasteiger charge is -2.11. The van der Waals surface area contributed by atoms with E-state index in [9.17, 15) is 9.59 Å². The number of ketones is 1. The molecular weight excluding hydrogens is 354 g/mol. The molecule has 0 spiro atoms. The van der Waals surface area contributed by atoms with Gasteiger partial charge in [0.25, 0.3) is 0 Å². The highest BCUT2D eigenvalue weighted by Gasteiger charge is 2.20. The number of ether oxygens (including phenoxy) is 1. The van der Waals surface area contributed by atoms with Crippen LogP contribution in [0.5, 0.6) is 0 Å². The van der Waals surface area contributed by atoms with Crippen molar-refractivity contribution < 1.29 is 14.3 Å². The van der Waals surface area contributed by atoms with E-state index in [4.69, 9.17) is 4.74 Å². The maximum atomic E-state index is 12.7. The molecule has 2 aromatic heterocycles. The van der Waals surface area contributed by atoms with Crippen molar-refractivity contribution in [2.45, 2.75) is 47.6 Å². The Morgan fingerprint density at radius 1 is 1.00 bits per heavy atom. The van der Waals surface area contributed by atoms with Crippen molar-refractivity contribution in [3.05, 3.63) is 57.9 Å². The van der Waals surface area contributed by atoms with Crippen LogP contribution in [0.4, 0.5) is 0 Å². The summed E-state index contributed by atoms with van der Waals surface area (Å²) in [6.07, 6.45) is 1.62. The molecule has 1 aromatic carbocycles. The second-order valence-corrected chi connectivity index (χ2v) is 7.48. The van der Waals surface area contributed by atoms with Crippen LogP contribution in [0, 0.1) is 27.7 Å². The number of hydrogen-bond acceptors (Lipinski definition) is 5. The molecule has 6 nitrogen and oxygen atoms in total. The molecule has 146 valence electrons. The van der Waals surface area contributed by atoms with Gasteiger partial charge >= 0.3 is 5.97 Å². The predicted molar refractivity (Wildman–Crippen MR) is 108 cm³/mol. The number of nitrogens with zero attached hydrogens (tertiary/aromatic N) is 3. The maximum absolute atomic E-state index is 12.7. The highest BCUT2D eigenvalue weighted by atomic mass is 16.5. The zero-order valence-corrected chi connectivity index (χ0v) is 17.2. The molecule has 0 saturated heterocycles. The second kappa shape index (κ2) is 7.54. The van der Waals surface area contributed by atoms with E-state index in [-0.39, 0.29) is 18.4 Å². The Hall–Kier alpha value is -3.02. The molecule has 0 radical (unpaired) electrons. The average molecular weight is 379 g/mol. The fraction of sp³-hybridized carbons (Fsp3) is 0.364. The fourth-order valence-electron chi connectivity index (χ4n) is 3.24. The Bertz CT molecular complexity index is 1080. The predicted octanol–water partition coefficient (Wildman–Crippen LogP) is 4.29. The summed E-state index contributed by atoms with van der Waals surface area (Å²) in [5.41, 5.74) is 5.33. The number of carbonyl (C=O) groups excluding carboxylic acids is 2. The summed E-state index contributed by atoms with van der Waals surface area (Å²) in [5, 5.41) is 4.95. The number of fused-ring (bicyclic) bond motifs is 1. The Morgan fingerprint density at radius 3 is 2.36 bits per heavy atom. The van der Waals surface area contributed by atoms with Crippen molar-refractivity contribution in [2.75, 3.05) is 6.61 Å². The number of rotatable bonds is 5. The largest absolute Gasteiger partial charge is 0.454 e. The maximum Gasteiger partial charge on any atom is 0.339 e. The third-order valence-corrected chi connectivity index (χ3v) is 4.88. The van der Waals surface area contributed by atoms with E-state index < -0.39 is 5.97 Å². The molecule has 0 unspecified atom stereocenters. The fourth-order valence-corrected chi connectivity index (χ4v) is 3.24. The Kier molecular flexibility index (Phi) is 5.31. The van der Waals surface area contributed by atoms with Crippen molar-refractivity contribution in [1.29, 1.82) is 0 Å². The normalized spacial score (nSPS) is 11.2. The first-order valence-electron chi connectivity index (χ1n) is 9.32. The van der Waals surface area contributed by atoms with Gasteiger partial charge in [-0.25, -0.2) is 14.5 Å². The minimum absolute atomic E-state index is 0.116. The molecule has 6 heteroatoms. The SMILES string of the molecule is Cc1cc(C(=O)OCC(=O)c2cc(C)c(C)cc2C)c2cnn(C(C)C)c2n1. The van der Waals surface area contributed by atoms with Crippen molar-refractivity contribution >= 4 is 22.8 Å². The third-order valence-electron chi connectivity index (χ3n) is 4.88. The molecule has 0 aliphatic carbocycles. The molecule has 0 N–H and O–H groups in total. The van der Waals surface area contributed by atoms with Crippen LogP contribution in [0.25, 0.3) is 11.0 Å². The van der Waals surface area contributed by atoms with Crippen LogP contribution >= 0.6 is 0 Å². The summed E-state index contributed by atoms with van der Waals surface area (Å²) in [4.78, 5) is 29.8. The summed E-state index contributed by atoms with van der Waals surface area (Å²) in [7, 11) is 0. The van der Waals surface area contributed by atoms with Gasteiger partial charge in [0.2, 0.25) is 5.78 Å². The van der Waals surface area contributed by atoms with E-state index in [2.05, 4.69) is 10.1 Å². The molecule has 0 aliphatic rings. The van der Waals surface area contributed by atoms with Crippen molar-refractivity contribution in [1.82, 2.24) is 14.8 Å². The minimum atomic E-state index is -0.548. The third kappa shape index (κ3) is 3.67. The lowest BCUT2D eigenvalue weighted by Crippen LogP contribution is -2.16. The summed E-state index contributed by atoms with van der Waals surface area (Å²) < 4.78 is 7.12. The van der Waals surface area contributed by atoms with E-state index in [1.54, 1.807) is 16.9 Å². The van der Waals surface area contributed by atoms with Crippen molar-refractivity contribution in [3.8, 4) is 0 Å². The molecule has 0 bridgehead atoms. The van der Waals surface area contributed by atoms with Gasteiger partial charge in [0, 0.05) is 17.3 Å². The van der Waals surface area contributed by atoms with Crippen LogP contribution in [-0.4, -0.2) is 33.1 Å². The second-order valence-electron chi connectivity index (χ2n) is 7.48. The molecule has 0 aliphatic heterocycles. The Labute approximate surface area is 164 Å². The first-order valence-corrected chi connectivity index (χ1v) is 9.32. The number of esters is 1. The number of hydrogen-bond donors (Lipinski definition) is 0. The molecular formula is C22H25N3O3. The van der Waals surface area contributed by atoms with Gasteiger partial charge in [0.05, 0.1) is 17.1 Å². The number of aryl methyl sites for hydroxylation is 4. The summed E-state index contributed by atoms with van der Waals surface area (Å²) >= 11 is 0. The van der Waals surface area contributed by atoms with Crippen LogP contribution < -0.4 is 0 Å². The molecule has 28 heavy (non-hydrogen) atoms. The highest BCUT2D eigenvalue weighted by Crippen LogP contribution is 2.22. The summed E-state index contributed by atoms with van der Waals surface area (Å²) in [6, 6.07) is 5.61. The highest BCUT2D eigenvalue weighted by molar-refractivity contribution is 6.05. The van der Waals surface area contributed by atoms with Crippen molar-refractivity contribution in [3.63, 3.8) is 0 Å². The van der Waals surface area contributed by atoms with Gasteiger partial charge in [-0.2, -0.15) is 5.10 Å². The van der Waals surface area contributed by atoms with Gasteiger partial charge in [0.1, 0.15) is 0 Å². The van der Waals surface area contributed by atoms with E-state index in [1.807, 2.05) is 53.7 Å². The lowest BCUT2D eigenvalue weighted by molar-refractivity contribution is 0.0476. The standard InChI is InChI=1S/C22H25N3O3/c1-12(2)25-21-19(10-23-25)18(9-16(6)24-21)22(27)28-11-20(26)17-8-14(4)13(3)7-15(17)5/h7-10,12H,11H2,1-6H3. The molecule has 0 amide bonds. The monoisotopic (exact) mass is 379 g/mol. The van der Waals surface area contributed by atoms with E-state index >= 15 is 0 Å². The van der Waals surface area contributed by atoms with Crippen LogP contribution in [0.2, 0.25) is 0 Å². The van der Waals surface area contributed by atoms with Gasteiger partial charge < -0.3 is 4.74 Å². The number of aromatic nitrogens is 3. The van der Waals surface area contributed by atoms with Crippen LogP contribution in [0.3, 0.4) is 0 Å². The van der Waals surface area contributed by atoms with Crippen LogP contribution in [0.15, 0.2) is 24.4 Å². The van der Waals surface area contributed by atoms with E-state index in [1.165, 1.54) is 0 Å². The van der Waals surface area contributed by atoms with Gasteiger partial charge in [-0.15, -0.1) is 0 Å². The average Bonchev–Trinajstić information content (AvgIpc) is 3.05. The van der Waals surface area contributed by atoms with Gasteiger partial charge in [-0.05, 0) is 70.4 Å². The van der Waals surface area contributed by atoms with Crippen LogP contribution in [0.1, 0.15) is 63.0 Å². The van der Waals surface area contributed by atoms with E-state index in [0.717, 1.165) is 16.7 Å². The smallest absolute Gasteiger partial charge is 0.339 e.